The van der Waals surface area contributed by atoms with E-state index in [2.05, 4.69) is 72.2 Å². The van der Waals surface area contributed by atoms with Gasteiger partial charge in [-0.15, -0.1) is 0 Å². The van der Waals surface area contributed by atoms with Crippen molar-refractivity contribution in [2.75, 3.05) is 38.1 Å². The van der Waals surface area contributed by atoms with Crippen LogP contribution in [0.1, 0.15) is 22.3 Å². The Morgan fingerprint density at radius 3 is 0.911 bits per heavy atom. The number of carbonyl (C=O) groups is 2. The van der Waals surface area contributed by atoms with Gasteiger partial charge >= 0.3 is 0 Å². The number of ether oxygens (including phenoxy) is 2. The maximum atomic E-state index is 14.1. The summed E-state index contributed by atoms with van der Waals surface area (Å²) in [5.74, 6) is 1.13. The Balaban J connectivity index is 1.16. The van der Waals surface area contributed by atoms with Gasteiger partial charge < -0.3 is 29.1 Å². The highest BCUT2D eigenvalue weighted by molar-refractivity contribution is 6.30. The van der Waals surface area contributed by atoms with E-state index in [1.807, 2.05) is 97.1 Å². The second-order valence-corrected chi connectivity index (χ2v) is 14.0. The first-order chi connectivity index (χ1) is 27.2. The maximum Gasteiger partial charge on any atom is 0.261 e. The van der Waals surface area contributed by atoms with Crippen molar-refractivity contribution in [3.8, 4) is 11.5 Å². The number of rotatable bonds is 10. The van der Waals surface area contributed by atoms with Gasteiger partial charge in [0.15, 0.2) is 0 Å². The third-order valence-electron chi connectivity index (χ3n) is 10.5. The Kier molecular flexibility index (Phi) is 9.40. The lowest BCUT2D eigenvalue weighted by Gasteiger charge is -2.26. The van der Waals surface area contributed by atoms with Crippen molar-refractivity contribution in [3.63, 3.8) is 0 Å². The molecule has 6 aromatic carbocycles. The van der Waals surface area contributed by atoms with Crippen LogP contribution in [-0.2, 0) is 9.59 Å². The first-order valence-corrected chi connectivity index (χ1v) is 18.4. The van der Waals surface area contributed by atoms with Crippen molar-refractivity contribution in [3.05, 3.63) is 179 Å². The van der Waals surface area contributed by atoms with Gasteiger partial charge in [0, 0.05) is 48.2 Å². The number of benzene rings is 6. The summed E-state index contributed by atoms with van der Waals surface area (Å²) in [4.78, 5) is 35.7. The number of methoxy groups -OCH3 is 2. The van der Waals surface area contributed by atoms with E-state index in [0.29, 0.717) is 22.5 Å². The number of fused-ring (bicyclic) bond motifs is 1. The molecule has 8 heteroatoms. The quantitative estimate of drug-likeness (QED) is 0.139. The van der Waals surface area contributed by atoms with Crippen molar-refractivity contribution >= 4 is 57.3 Å². The summed E-state index contributed by atoms with van der Waals surface area (Å²) in [6.07, 6.45) is 0. The van der Waals surface area contributed by atoms with Gasteiger partial charge in [0.2, 0.25) is 0 Å². The molecule has 56 heavy (non-hydrogen) atoms. The molecule has 0 radical (unpaired) electrons. The van der Waals surface area contributed by atoms with Crippen LogP contribution in [0.4, 0.5) is 34.1 Å². The fraction of sp³-hybridized carbons (Fsp3) is 0.125. The Bertz CT molecular complexity index is 2310. The molecule has 8 nitrogen and oxygen atoms in total. The predicted octanol–water partition coefficient (Wildman–Crippen LogP) is 10.3. The number of hydrogen-bond donors (Lipinski definition) is 0. The van der Waals surface area contributed by atoms with Crippen LogP contribution in [0, 0.1) is 13.8 Å². The molecule has 0 aliphatic carbocycles. The molecule has 0 fully saturated rings. The van der Waals surface area contributed by atoms with Crippen molar-refractivity contribution in [2.24, 2.45) is 0 Å². The molecule has 0 bridgehead atoms. The molecular formula is C48H42N4O4. The third-order valence-corrected chi connectivity index (χ3v) is 10.5. The van der Waals surface area contributed by atoms with Gasteiger partial charge in [-0.05, 0) is 122 Å². The smallest absolute Gasteiger partial charge is 0.261 e. The van der Waals surface area contributed by atoms with E-state index < -0.39 is 0 Å². The van der Waals surface area contributed by atoms with Crippen LogP contribution in [0.25, 0.3) is 11.4 Å². The predicted molar refractivity (Wildman–Crippen MR) is 224 cm³/mol. The van der Waals surface area contributed by atoms with Crippen LogP contribution >= 0.6 is 0 Å². The number of nitrogens with zero attached hydrogens (tertiary/aromatic N) is 4. The lowest BCUT2D eigenvalue weighted by molar-refractivity contribution is -0.123. The van der Waals surface area contributed by atoms with Crippen LogP contribution in [0.15, 0.2) is 157 Å². The maximum absolute atomic E-state index is 14.1. The highest BCUT2D eigenvalue weighted by Gasteiger charge is 2.46. The molecule has 2 aliphatic rings. The first-order valence-electron chi connectivity index (χ1n) is 18.4. The number of carbonyl (C=O) groups excluding carboxylic acids is 2. The highest BCUT2D eigenvalue weighted by Crippen LogP contribution is 2.46. The zero-order valence-electron chi connectivity index (χ0n) is 32.3. The number of aryl methyl sites for hydroxylation is 2. The summed E-state index contributed by atoms with van der Waals surface area (Å²) in [6.45, 7) is 4.14. The standard InChI is InChI=1S/C48H42N4O4/c1-31-7-15-35(16-8-31)51(39-23-27-41(55-5)28-24-39)37-19-11-33(12-20-37)45-43-44(48(54)49(45)3)46(50(4)47(43)53)34-13-21-38(22-14-34)52(36-17-9-32(2)10-18-36)40-25-29-42(56-6)30-26-40/h7-30H,1-6H3. The van der Waals surface area contributed by atoms with E-state index in [1.165, 1.54) is 11.1 Å². The number of anilines is 6. The SMILES string of the molecule is COc1ccc(N(c2ccc(C)cc2)c2ccc(C3=C4C(=O)N(C)C(c5ccc(N(c6ccc(C)cc6)c6ccc(OC)cc6)cc5)=C4C(=O)N3C)cc2)cc1. The second kappa shape index (κ2) is 14.6. The molecule has 2 heterocycles. The minimum absolute atomic E-state index is 0.213. The van der Waals surface area contributed by atoms with E-state index in [9.17, 15) is 9.59 Å². The number of hydrogen-bond acceptors (Lipinski definition) is 6. The molecule has 8 rings (SSSR count). The summed E-state index contributed by atoms with van der Waals surface area (Å²) in [6, 6.07) is 48.6. The summed E-state index contributed by atoms with van der Waals surface area (Å²) >= 11 is 0. The van der Waals surface area contributed by atoms with Crippen LogP contribution in [-0.4, -0.2) is 49.9 Å². The average molecular weight is 739 g/mol. The molecule has 6 aromatic rings. The molecule has 0 unspecified atom stereocenters. The van der Waals surface area contributed by atoms with Crippen molar-refractivity contribution in [1.29, 1.82) is 0 Å². The average Bonchev–Trinajstić information content (AvgIpc) is 3.64. The molecule has 278 valence electrons. The Morgan fingerprint density at radius 1 is 0.393 bits per heavy atom. The van der Waals surface area contributed by atoms with E-state index in [-0.39, 0.29) is 11.8 Å². The lowest BCUT2D eigenvalue weighted by Crippen LogP contribution is -2.25. The van der Waals surface area contributed by atoms with Crippen molar-refractivity contribution in [2.45, 2.75) is 13.8 Å². The van der Waals surface area contributed by atoms with Gasteiger partial charge in [0.1, 0.15) is 11.5 Å². The van der Waals surface area contributed by atoms with Gasteiger partial charge in [-0.3, -0.25) is 9.59 Å². The molecule has 0 spiro atoms. The monoisotopic (exact) mass is 738 g/mol. The second-order valence-electron chi connectivity index (χ2n) is 14.0. The van der Waals surface area contributed by atoms with E-state index in [1.54, 1.807) is 38.1 Å². The molecule has 0 saturated heterocycles. The normalized spacial score (nSPS) is 13.8. The lowest BCUT2D eigenvalue weighted by atomic mass is 10.0. The zero-order valence-corrected chi connectivity index (χ0v) is 32.3. The fourth-order valence-electron chi connectivity index (χ4n) is 7.48. The Morgan fingerprint density at radius 2 is 0.643 bits per heavy atom. The first kappa shape index (κ1) is 35.9. The van der Waals surface area contributed by atoms with E-state index in [4.69, 9.17) is 9.47 Å². The third kappa shape index (κ3) is 6.35. The van der Waals surface area contributed by atoms with Crippen molar-refractivity contribution < 1.29 is 19.1 Å². The van der Waals surface area contributed by atoms with Crippen molar-refractivity contribution in [1.82, 2.24) is 9.80 Å². The minimum atomic E-state index is -0.213. The highest BCUT2D eigenvalue weighted by atomic mass is 16.5. The van der Waals surface area contributed by atoms with Crippen LogP contribution in [0.2, 0.25) is 0 Å². The summed E-state index contributed by atoms with van der Waals surface area (Å²) < 4.78 is 10.8. The Labute approximate surface area is 327 Å². The molecular weight excluding hydrogens is 697 g/mol. The molecule has 2 amide bonds. The zero-order chi connectivity index (χ0) is 39.1. The van der Waals surface area contributed by atoms with Gasteiger partial charge in [-0.1, -0.05) is 59.7 Å². The van der Waals surface area contributed by atoms with Crippen LogP contribution in [0.3, 0.4) is 0 Å². The molecule has 0 aromatic heterocycles. The number of likely N-dealkylation sites (N-methyl/N-ethyl adjacent to an activating group) is 2. The van der Waals surface area contributed by atoms with Crippen LogP contribution in [0.5, 0.6) is 11.5 Å². The van der Waals surface area contributed by atoms with Crippen LogP contribution < -0.4 is 19.3 Å². The van der Waals surface area contributed by atoms with Gasteiger partial charge in [-0.25, -0.2) is 0 Å². The van der Waals surface area contributed by atoms with Gasteiger partial charge in [-0.2, -0.15) is 0 Å². The van der Waals surface area contributed by atoms with E-state index >= 15 is 0 Å². The minimum Gasteiger partial charge on any atom is -0.497 e. The molecule has 0 atom stereocenters. The molecule has 0 N–H and O–H groups in total. The molecule has 2 aliphatic heterocycles. The summed E-state index contributed by atoms with van der Waals surface area (Å²) in [5.41, 5.74) is 11.7. The topological polar surface area (TPSA) is 65.6 Å². The molecule has 0 saturated carbocycles. The Hall–Kier alpha value is -7.06. The summed E-state index contributed by atoms with van der Waals surface area (Å²) in [5, 5.41) is 0. The summed E-state index contributed by atoms with van der Waals surface area (Å²) in [7, 11) is 6.79. The van der Waals surface area contributed by atoms with Gasteiger partial charge in [0.05, 0.1) is 36.8 Å². The van der Waals surface area contributed by atoms with Gasteiger partial charge in [0.25, 0.3) is 11.8 Å². The number of amides is 2. The largest absolute Gasteiger partial charge is 0.497 e. The fourth-order valence-corrected chi connectivity index (χ4v) is 7.48. The van der Waals surface area contributed by atoms with E-state index in [0.717, 1.165) is 56.8 Å².